The Kier molecular flexibility index (Phi) is 15.0. The molecule has 0 bridgehead atoms. The maximum absolute atomic E-state index is 8.98. The molecule has 0 atom stereocenters. The molecule has 3 aromatic rings. The molecule has 4 rings (SSSR count). The lowest BCUT2D eigenvalue weighted by molar-refractivity contribution is 0.696. The fourth-order valence-electron chi connectivity index (χ4n) is 2.90. The Morgan fingerprint density at radius 1 is 0.893 bits per heavy atom. The number of nitrogens with one attached hydrogen (secondary N) is 1. The van der Waals surface area contributed by atoms with E-state index < -0.39 is 0 Å². The fourth-order valence-corrected chi connectivity index (χ4v) is 4.28. The van der Waals surface area contributed by atoms with Gasteiger partial charge in [0.15, 0.2) is 0 Å². The largest absolute Gasteiger partial charge is 0.412 e. The minimum absolute atomic E-state index is 0. The van der Waals surface area contributed by atoms with E-state index in [9.17, 15) is 0 Å². The molecule has 0 radical (unpaired) electrons. The van der Waals surface area contributed by atoms with Crippen LogP contribution in [-0.2, 0) is 12.8 Å². The number of nitrogens with zero attached hydrogens (tertiary/aromatic N) is 1. The molecular weight excluding hydrogens is 392 g/mol. The monoisotopic (exact) mass is 422 g/mol. The second-order valence-corrected chi connectivity index (χ2v) is 6.81. The lowest BCUT2D eigenvalue weighted by atomic mass is 9.96. The standard InChI is InChI=1S/C10H8.C9H10N2S2.C2H6.3H2O/c1-2-6-10-8-4-3-7-9(10)5-1;10-5-7-6-3-1-2-4-8(6)13-9(7)11-12;1-2;;;/h1-8H;11-12H,1-4H2;1-2H3;3*1H2. The van der Waals surface area contributed by atoms with Crippen LogP contribution in [0.5, 0.6) is 0 Å². The predicted octanol–water partition coefficient (Wildman–Crippen LogP) is 4.15. The number of thiophene rings is 1. The van der Waals surface area contributed by atoms with E-state index in [0.717, 1.165) is 23.4 Å². The van der Waals surface area contributed by atoms with Crippen LogP contribution in [-0.4, -0.2) is 16.4 Å². The molecule has 0 fully saturated rings. The maximum atomic E-state index is 8.98. The number of anilines is 1. The van der Waals surface area contributed by atoms with Crippen LogP contribution in [0.2, 0.25) is 0 Å². The Morgan fingerprint density at radius 3 is 1.79 bits per heavy atom. The molecule has 1 aromatic heterocycles. The molecule has 1 heterocycles. The highest BCUT2D eigenvalue weighted by Gasteiger charge is 2.19. The van der Waals surface area contributed by atoms with Gasteiger partial charge in [-0.05, 0) is 42.0 Å². The summed E-state index contributed by atoms with van der Waals surface area (Å²) >= 11 is 5.68. The van der Waals surface area contributed by atoms with Gasteiger partial charge in [-0.15, -0.1) is 11.3 Å². The molecule has 7 N–H and O–H groups in total. The highest BCUT2D eigenvalue weighted by molar-refractivity contribution is 7.82. The van der Waals surface area contributed by atoms with Gasteiger partial charge in [0.1, 0.15) is 11.1 Å². The van der Waals surface area contributed by atoms with Crippen molar-refractivity contribution in [3.8, 4) is 6.07 Å². The van der Waals surface area contributed by atoms with E-state index in [-0.39, 0.29) is 16.4 Å². The molecule has 0 amide bonds. The molecule has 1 aliphatic rings. The topological polar surface area (TPSA) is 130 Å². The SMILES string of the molecule is CC.N#Cc1c(NS)sc2c1CCCC2.O.O.O.c1ccc2ccccc2c1. The molecular formula is C21H30N2O3S2. The average Bonchev–Trinajstić information content (AvgIpc) is 3.08. The molecule has 1 aliphatic carbocycles. The Balaban J connectivity index is 0. The molecule has 5 nitrogen and oxygen atoms in total. The number of fused-ring (bicyclic) bond motifs is 2. The van der Waals surface area contributed by atoms with Crippen LogP contribution >= 0.6 is 24.2 Å². The Morgan fingerprint density at radius 2 is 1.36 bits per heavy atom. The maximum Gasteiger partial charge on any atom is 0.117 e. The average molecular weight is 423 g/mol. The van der Waals surface area contributed by atoms with Crippen LogP contribution in [0.15, 0.2) is 48.5 Å². The highest BCUT2D eigenvalue weighted by Crippen LogP contribution is 2.37. The van der Waals surface area contributed by atoms with Gasteiger partial charge in [-0.25, -0.2) is 0 Å². The van der Waals surface area contributed by atoms with Gasteiger partial charge in [-0.2, -0.15) is 5.26 Å². The molecule has 0 spiro atoms. The summed E-state index contributed by atoms with van der Waals surface area (Å²) in [6.07, 6.45) is 4.66. The quantitative estimate of drug-likeness (QED) is 0.571. The number of aryl methyl sites for hydroxylation is 1. The van der Waals surface area contributed by atoms with Crippen LogP contribution in [0.4, 0.5) is 5.00 Å². The van der Waals surface area contributed by atoms with Gasteiger partial charge >= 0.3 is 0 Å². The third-order valence-corrected chi connectivity index (χ3v) is 5.63. The van der Waals surface area contributed by atoms with Crippen LogP contribution in [0.3, 0.4) is 0 Å². The van der Waals surface area contributed by atoms with Crippen molar-refractivity contribution in [3.05, 3.63) is 64.5 Å². The third-order valence-electron chi connectivity index (χ3n) is 4.04. The van der Waals surface area contributed by atoms with Crippen molar-refractivity contribution in [2.45, 2.75) is 39.5 Å². The first-order chi connectivity index (χ1) is 12.3. The van der Waals surface area contributed by atoms with Gasteiger partial charge in [0.2, 0.25) is 0 Å². The summed E-state index contributed by atoms with van der Waals surface area (Å²) in [6.45, 7) is 4.00. The lowest BCUT2D eigenvalue weighted by Crippen LogP contribution is -1.99. The van der Waals surface area contributed by atoms with E-state index in [0.29, 0.717) is 0 Å². The summed E-state index contributed by atoms with van der Waals surface area (Å²) in [5.41, 5.74) is 2.07. The number of thiol groups is 1. The summed E-state index contributed by atoms with van der Waals surface area (Å²) in [4.78, 5) is 1.37. The van der Waals surface area contributed by atoms with Crippen molar-refractivity contribution in [2.24, 2.45) is 0 Å². The first-order valence-electron chi connectivity index (χ1n) is 8.72. The highest BCUT2D eigenvalue weighted by atomic mass is 32.1. The first-order valence-corrected chi connectivity index (χ1v) is 9.98. The zero-order valence-electron chi connectivity index (χ0n) is 16.2. The zero-order valence-corrected chi connectivity index (χ0v) is 18.0. The number of rotatable bonds is 1. The summed E-state index contributed by atoms with van der Waals surface area (Å²) in [6, 6.07) is 19.0. The van der Waals surface area contributed by atoms with E-state index in [4.69, 9.17) is 5.26 Å². The Hall–Kier alpha value is -2.08. The normalized spacial score (nSPS) is 10.6. The van der Waals surface area contributed by atoms with Crippen LogP contribution in [0.1, 0.15) is 42.7 Å². The smallest absolute Gasteiger partial charge is 0.117 e. The van der Waals surface area contributed by atoms with Crippen LogP contribution in [0.25, 0.3) is 10.8 Å². The number of nitriles is 1. The second kappa shape index (κ2) is 14.9. The lowest BCUT2D eigenvalue weighted by Gasteiger charge is -2.09. The Labute approximate surface area is 176 Å². The molecule has 0 aliphatic heterocycles. The van der Waals surface area contributed by atoms with E-state index in [2.05, 4.69) is 72.1 Å². The summed E-state index contributed by atoms with van der Waals surface area (Å²) < 4.78 is 2.79. The zero-order chi connectivity index (χ0) is 18.1. The van der Waals surface area contributed by atoms with Crippen molar-refractivity contribution in [1.82, 2.24) is 0 Å². The molecule has 28 heavy (non-hydrogen) atoms. The Bertz CT molecular complexity index is 795. The predicted molar refractivity (Wildman–Crippen MR) is 124 cm³/mol. The van der Waals surface area contributed by atoms with Gasteiger partial charge < -0.3 is 21.2 Å². The second-order valence-electron chi connectivity index (χ2n) is 5.49. The molecule has 7 heteroatoms. The minimum Gasteiger partial charge on any atom is -0.412 e. The van der Waals surface area contributed by atoms with Crippen molar-refractivity contribution in [3.63, 3.8) is 0 Å². The van der Waals surface area contributed by atoms with Crippen molar-refractivity contribution >= 4 is 39.9 Å². The van der Waals surface area contributed by atoms with Crippen LogP contribution in [0, 0.1) is 11.3 Å². The van der Waals surface area contributed by atoms with Gasteiger partial charge in [0.05, 0.1) is 5.56 Å². The summed E-state index contributed by atoms with van der Waals surface area (Å²) in [5, 5.41) is 12.5. The molecule has 0 saturated carbocycles. The first kappa shape index (κ1) is 28.1. The van der Waals surface area contributed by atoms with Crippen molar-refractivity contribution < 1.29 is 16.4 Å². The van der Waals surface area contributed by atoms with E-state index in [1.807, 2.05) is 13.8 Å². The van der Waals surface area contributed by atoms with E-state index in [1.54, 1.807) is 11.3 Å². The van der Waals surface area contributed by atoms with Crippen LogP contribution < -0.4 is 4.72 Å². The van der Waals surface area contributed by atoms with Gasteiger partial charge in [0.25, 0.3) is 0 Å². The number of hydrogen-bond donors (Lipinski definition) is 2. The number of benzene rings is 2. The molecule has 2 aromatic carbocycles. The molecule has 0 unspecified atom stereocenters. The third kappa shape index (κ3) is 6.82. The van der Waals surface area contributed by atoms with E-state index in [1.165, 1.54) is 34.1 Å². The van der Waals surface area contributed by atoms with E-state index >= 15 is 0 Å². The fraction of sp³-hybridized carbons (Fsp3) is 0.286. The molecule has 0 saturated heterocycles. The van der Waals surface area contributed by atoms with Crippen molar-refractivity contribution in [1.29, 1.82) is 5.26 Å². The summed E-state index contributed by atoms with van der Waals surface area (Å²) in [5.74, 6) is 0. The minimum atomic E-state index is 0. The molecule has 154 valence electrons. The summed E-state index contributed by atoms with van der Waals surface area (Å²) in [7, 11) is 0. The van der Waals surface area contributed by atoms with Gasteiger partial charge in [-0.3, -0.25) is 0 Å². The van der Waals surface area contributed by atoms with Gasteiger partial charge in [-0.1, -0.05) is 75.2 Å². The van der Waals surface area contributed by atoms with Gasteiger partial charge in [0, 0.05) is 4.88 Å². The van der Waals surface area contributed by atoms with Crippen molar-refractivity contribution in [2.75, 3.05) is 4.72 Å². The number of hydrogen-bond acceptors (Lipinski definition) is 4.